The van der Waals surface area contributed by atoms with Crippen molar-refractivity contribution in [1.29, 1.82) is 0 Å². The summed E-state index contributed by atoms with van der Waals surface area (Å²) in [6.45, 7) is 1.28. The number of aliphatic hydroxyl groups is 1. The van der Waals surface area contributed by atoms with E-state index in [0.717, 1.165) is 0 Å². The molecule has 39 valence electrons. The van der Waals surface area contributed by atoms with Crippen LogP contribution in [0.3, 0.4) is 0 Å². The van der Waals surface area contributed by atoms with Crippen LogP contribution < -0.4 is 0 Å². The molecule has 0 rings (SSSR count). The molecule has 3 nitrogen and oxygen atoms in total. The monoisotopic (exact) mass is 269 g/mol. The van der Waals surface area contributed by atoms with E-state index in [4.69, 9.17) is 10.2 Å². The fraction of sp³-hybridized carbons (Fsp3) is 0.667. The summed E-state index contributed by atoms with van der Waals surface area (Å²) in [5, 5.41) is 16.6. The van der Waals surface area contributed by atoms with Crippen LogP contribution in [0.5, 0.6) is 0 Å². The Morgan fingerprint density at radius 2 is 2.00 bits per heavy atom. The minimum atomic E-state index is -1.44. The van der Waals surface area contributed by atoms with Crippen molar-refractivity contribution in [2.24, 2.45) is 0 Å². The van der Waals surface area contributed by atoms with Crippen LogP contribution >= 0.6 is 0 Å². The molecule has 0 aliphatic carbocycles. The summed E-state index contributed by atoms with van der Waals surface area (Å²) in [4.78, 5) is 9.81. The van der Waals surface area contributed by atoms with Gasteiger partial charge in [-0.1, -0.05) is 0 Å². The summed E-state index contributed by atoms with van der Waals surface area (Å²) in [6, 6.07) is 0. The van der Waals surface area contributed by atoms with Gasteiger partial charge in [-0.05, 0) is 0 Å². The maximum absolute atomic E-state index is 9.81. The van der Waals surface area contributed by atoms with Crippen LogP contribution in [-0.4, -0.2) is 19.5 Å². The average Bonchev–Trinajstić information content (AvgIpc) is 1.31. The van der Waals surface area contributed by atoms with Crippen LogP contribution in [0, 0.1) is 0 Å². The van der Waals surface area contributed by atoms with Gasteiger partial charge in [-0.2, -0.15) is 0 Å². The molecule has 1 atom stereocenters. The Labute approximate surface area is 55.9 Å². The summed E-state index contributed by atoms with van der Waals surface area (Å²) in [6.07, 6.45) is 0. The van der Waals surface area contributed by atoms with Crippen LogP contribution in [0.15, 0.2) is 0 Å². The number of carbonyl (C=O) groups is 1. The molecule has 0 bridgehead atoms. The van der Waals surface area contributed by atoms with Gasteiger partial charge in [0, 0.05) is 0 Å². The molecule has 0 aromatic rings. The van der Waals surface area contributed by atoms with Crippen molar-refractivity contribution in [2.75, 3.05) is 0 Å². The van der Waals surface area contributed by atoms with E-state index in [1.165, 1.54) is 6.92 Å². The molecular formula is C3H5HfO3. The molecule has 0 spiro atoms. The van der Waals surface area contributed by atoms with E-state index in [2.05, 4.69) is 0 Å². The van der Waals surface area contributed by atoms with Crippen molar-refractivity contribution in [3.8, 4) is 0 Å². The fourth-order valence-corrected chi connectivity index (χ4v) is 0. The summed E-state index contributed by atoms with van der Waals surface area (Å²) in [5.74, 6) is -1.14. The van der Waals surface area contributed by atoms with Crippen LogP contribution in [0.4, 0.5) is 0 Å². The van der Waals surface area contributed by atoms with Gasteiger partial charge >= 0.3 is 55.6 Å². The second kappa shape index (κ2) is 2.05. The molecule has 0 aromatic carbocycles. The van der Waals surface area contributed by atoms with Crippen molar-refractivity contribution in [3.05, 3.63) is 0 Å². The van der Waals surface area contributed by atoms with Crippen molar-refractivity contribution in [3.63, 3.8) is 0 Å². The first-order valence-electron chi connectivity index (χ1n) is 1.65. The summed E-state index contributed by atoms with van der Waals surface area (Å²) >= 11 is 0.269. The van der Waals surface area contributed by atoms with Gasteiger partial charge in [-0.25, -0.2) is 0 Å². The zero-order valence-corrected chi connectivity index (χ0v) is 7.40. The zero-order valence-electron chi connectivity index (χ0n) is 3.80. The number of aliphatic carboxylic acids is 1. The molecule has 0 saturated heterocycles. The number of carboxylic acid groups (broad SMARTS) is 1. The maximum atomic E-state index is 9.81. The minimum absolute atomic E-state index is 0.269. The van der Waals surface area contributed by atoms with E-state index in [1.807, 2.05) is 0 Å². The van der Waals surface area contributed by atoms with Gasteiger partial charge in [0.2, 0.25) is 0 Å². The van der Waals surface area contributed by atoms with Gasteiger partial charge in [0.05, 0.1) is 0 Å². The van der Waals surface area contributed by atoms with E-state index in [0.29, 0.717) is 0 Å². The van der Waals surface area contributed by atoms with Gasteiger partial charge in [0.15, 0.2) is 0 Å². The van der Waals surface area contributed by atoms with E-state index in [1.54, 1.807) is 0 Å². The number of hydrogen-bond acceptors (Lipinski definition) is 2. The van der Waals surface area contributed by atoms with E-state index < -0.39 is 9.33 Å². The number of rotatable bonds is 1. The molecule has 0 heterocycles. The predicted octanol–water partition coefficient (Wildman–Crippen LogP) is -0.674. The molecular weight excluding hydrogens is 263 g/mol. The average molecular weight is 268 g/mol. The van der Waals surface area contributed by atoms with Crippen LogP contribution in [0.25, 0.3) is 0 Å². The first-order valence-corrected chi connectivity index (χ1v) is 3.45. The molecule has 0 radical (unpaired) electrons. The van der Waals surface area contributed by atoms with Gasteiger partial charge in [-0.3, -0.25) is 0 Å². The summed E-state index contributed by atoms with van der Waals surface area (Å²) in [7, 11) is 0. The normalized spacial score (nSPS) is 17.9. The molecule has 4 heteroatoms. The van der Waals surface area contributed by atoms with Crippen molar-refractivity contribution >= 4 is 5.97 Å². The van der Waals surface area contributed by atoms with Gasteiger partial charge in [-0.15, -0.1) is 0 Å². The summed E-state index contributed by atoms with van der Waals surface area (Å²) < 4.78 is -1.44. The Morgan fingerprint density at radius 1 is 1.86 bits per heavy atom. The first kappa shape index (κ1) is 7.30. The molecule has 2 N–H and O–H groups in total. The Bertz CT molecular complexity index is 82.7. The molecule has 0 aromatic heterocycles. The molecule has 0 aliphatic rings. The Hall–Kier alpha value is 0.300. The van der Waals surface area contributed by atoms with E-state index in [-0.39, 0.29) is 24.4 Å². The zero-order chi connectivity index (χ0) is 6.08. The Morgan fingerprint density at radius 3 is 2.00 bits per heavy atom. The quantitative estimate of drug-likeness (QED) is 0.620. The van der Waals surface area contributed by atoms with E-state index >= 15 is 0 Å². The SMILES string of the molecule is C[C](O)([Hf])C(=O)O. The Balaban J connectivity index is 3.79. The Kier molecular flexibility index (Phi) is 2.13. The second-order valence-electron chi connectivity index (χ2n) is 1.38. The third-order valence-electron chi connectivity index (χ3n) is 0.416. The fourth-order valence-electron chi connectivity index (χ4n) is 0. The van der Waals surface area contributed by atoms with Crippen LogP contribution in [0.2, 0.25) is 0 Å². The molecule has 0 aliphatic heterocycles. The van der Waals surface area contributed by atoms with Gasteiger partial charge in [0.25, 0.3) is 0 Å². The molecule has 0 amide bonds. The standard InChI is InChI=1S/C3H5O3.Hf/c1-2(4)3(5)6;/h4H,1H3,(H,5,6);. The van der Waals surface area contributed by atoms with Crippen LogP contribution in [-0.2, 0) is 29.2 Å². The van der Waals surface area contributed by atoms with Gasteiger partial charge in [0.1, 0.15) is 0 Å². The van der Waals surface area contributed by atoms with Crippen molar-refractivity contribution in [1.82, 2.24) is 0 Å². The third kappa shape index (κ3) is 2.94. The number of hydrogen-bond donors (Lipinski definition) is 2. The van der Waals surface area contributed by atoms with Gasteiger partial charge < -0.3 is 0 Å². The second-order valence-corrected chi connectivity index (χ2v) is 4.88. The number of carboxylic acids is 1. The van der Waals surface area contributed by atoms with Crippen molar-refractivity contribution in [2.45, 2.75) is 10.3 Å². The predicted molar refractivity (Wildman–Crippen MR) is 18.3 cm³/mol. The molecule has 7 heavy (non-hydrogen) atoms. The topological polar surface area (TPSA) is 57.5 Å². The van der Waals surface area contributed by atoms with E-state index in [9.17, 15) is 4.79 Å². The first-order chi connectivity index (χ1) is 2.94. The van der Waals surface area contributed by atoms with Crippen LogP contribution in [0.1, 0.15) is 6.92 Å². The molecule has 0 saturated carbocycles. The van der Waals surface area contributed by atoms with Crippen molar-refractivity contribution < 1.29 is 39.4 Å². The summed E-state index contributed by atoms with van der Waals surface area (Å²) in [5.41, 5.74) is 0. The molecule has 0 fully saturated rings. The third-order valence-corrected chi connectivity index (χ3v) is 1.18. The molecule has 1 unspecified atom stereocenters.